The quantitative estimate of drug-likeness (QED) is 0.609. The van der Waals surface area contributed by atoms with Gasteiger partial charge in [0.2, 0.25) is 0 Å². The van der Waals surface area contributed by atoms with Crippen LogP contribution in [0.2, 0.25) is 0 Å². The lowest BCUT2D eigenvalue weighted by molar-refractivity contribution is 0.679. The van der Waals surface area contributed by atoms with Gasteiger partial charge in [-0.15, -0.1) is 0 Å². The predicted octanol–water partition coefficient (Wildman–Crippen LogP) is 3.93. The molecule has 0 spiro atoms. The molecule has 0 N–H and O–H groups in total. The summed E-state index contributed by atoms with van der Waals surface area (Å²) in [5.41, 5.74) is 2.32. The molecule has 2 aromatic rings. The second-order valence-electron chi connectivity index (χ2n) is 4.27. The Hall–Kier alpha value is -1.06. The summed E-state index contributed by atoms with van der Waals surface area (Å²) in [6, 6.07) is 12.3. The molecule has 0 saturated heterocycles. The Morgan fingerprint density at radius 1 is 0.882 bits per heavy atom. The normalized spacial score (nSPS) is 14.2. The smallest absolute Gasteiger partial charge is 0.0872 e. The summed E-state index contributed by atoms with van der Waals surface area (Å²) in [7, 11) is -1.03. The maximum atomic E-state index is 12.5. The lowest BCUT2D eigenvalue weighted by Gasteiger charge is -2.18. The topological polar surface area (TPSA) is 17.1 Å². The summed E-state index contributed by atoms with van der Waals surface area (Å²) in [5, 5.41) is 0. The number of fused-ring (bicyclic) bond motifs is 2. The van der Waals surface area contributed by atoms with Crippen molar-refractivity contribution in [3.63, 3.8) is 0 Å². The van der Waals surface area contributed by atoms with Gasteiger partial charge >= 0.3 is 0 Å². The zero-order chi connectivity index (χ0) is 12.0. The largest absolute Gasteiger partial charge is 0.249 e. The zero-order valence-corrected chi connectivity index (χ0v) is 11.3. The third kappa shape index (κ3) is 1.83. The standard InChI is InChI=1S/C14H12OS2/c1-9-3-5-11-13(7-9)17(15)14-8-10(2)4-6-12(14)16-11/h3-8H,1-2H3. The van der Waals surface area contributed by atoms with Gasteiger partial charge < -0.3 is 0 Å². The van der Waals surface area contributed by atoms with Crippen LogP contribution in [0.25, 0.3) is 0 Å². The molecule has 0 aromatic heterocycles. The Labute approximate surface area is 108 Å². The Bertz CT molecular complexity index is 579. The minimum atomic E-state index is -1.03. The van der Waals surface area contributed by atoms with Gasteiger partial charge in [0.05, 0.1) is 20.6 Å². The van der Waals surface area contributed by atoms with E-state index in [1.54, 1.807) is 11.8 Å². The number of benzene rings is 2. The number of hydrogen-bond acceptors (Lipinski definition) is 2. The third-order valence-corrected chi connectivity index (χ3v) is 5.70. The van der Waals surface area contributed by atoms with E-state index in [-0.39, 0.29) is 0 Å². The van der Waals surface area contributed by atoms with Gasteiger partial charge in [0.1, 0.15) is 0 Å². The molecular formula is C14H12OS2. The van der Waals surface area contributed by atoms with Gasteiger partial charge in [0.25, 0.3) is 0 Å². The van der Waals surface area contributed by atoms with E-state index in [4.69, 9.17) is 0 Å². The first-order valence-electron chi connectivity index (χ1n) is 5.46. The maximum absolute atomic E-state index is 12.5. The van der Waals surface area contributed by atoms with Gasteiger partial charge in [-0.2, -0.15) is 0 Å². The highest BCUT2D eigenvalue weighted by Gasteiger charge is 2.22. The Kier molecular flexibility index (Phi) is 2.60. The molecule has 0 aliphatic carbocycles. The average Bonchev–Trinajstić information content (AvgIpc) is 2.32. The minimum absolute atomic E-state index is 0.952. The molecule has 3 rings (SSSR count). The molecule has 0 saturated carbocycles. The van der Waals surface area contributed by atoms with E-state index in [1.165, 1.54) is 0 Å². The van der Waals surface area contributed by atoms with Crippen molar-refractivity contribution in [1.29, 1.82) is 0 Å². The van der Waals surface area contributed by atoms with Crippen LogP contribution in [-0.2, 0) is 10.8 Å². The number of hydrogen-bond donors (Lipinski definition) is 0. The van der Waals surface area contributed by atoms with Crippen LogP contribution >= 0.6 is 11.8 Å². The van der Waals surface area contributed by atoms with Crippen LogP contribution in [0.1, 0.15) is 11.1 Å². The molecule has 0 bridgehead atoms. The van der Waals surface area contributed by atoms with Crippen LogP contribution in [0, 0.1) is 13.8 Å². The van der Waals surface area contributed by atoms with Gasteiger partial charge in [-0.3, -0.25) is 0 Å². The summed E-state index contributed by atoms with van der Waals surface area (Å²) in [6.45, 7) is 4.07. The van der Waals surface area contributed by atoms with Crippen molar-refractivity contribution in [1.82, 2.24) is 0 Å². The molecule has 1 heterocycles. The summed E-state index contributed by atoms with van der Waals surface area (Å²) in [5.74, 6) is 0. The van der Waals surface area contributed by atoms with Crippen LogP contribution in [0.5, 0.6) is 0 Å². The fourth-order valence-electron chi connectivity index (χ4n) is 1.93. The molecule has 2 aromatic carbocycles. The molecule has 1 aliphatic heterocycles. The molecule has 0 unspecified atom stereocenters. The first-order valence-corrected chi connectivity index (χ1v) is 7.43. The van der Waals surface area contributed by atoms with Crippen molar-refractivity contribution in [2.45, 2.75) is 33.4 Å². The van der Waals surface area contributed by atoms with E-state index in [0.29, 0.717) is 0 Å². The zero-order valence-electron chi connectivity index (χ0n) is 9.69. The predicted molar refractivity (Wildman–Crippen MR) is 71.2 cm³/mol. The van der Waals surface area contributed by atoms with Crippen molar-refractivity contribution < 1.29 is 4.21 Å². The van der Waals surface area contributed by atoms with Gasteiger partial charge in [0.15, 0.2) is 0 Å². The average molecular weight is 260 g/mol. The SMILES string of the molecule is Cc1ccc2c(c1)S(=O)c1cc(C)ccc1S2. The number of rotatable bonds is 0. The van der Waals surface area contributed by atoms with Crippen LogP contribution in [-0.4, -0.2) is 4.21 Å². The molecule has 17 heavy (non-hydrogen) atoms. The summed E-state index contributed by atoms with van der Waals surface area (Å²) in [6.07, 6.45) is 0. The monoisotopic (exact) mass is 260 g/mol. The van der Waals surface area contributed by atoms with Gasteiger partial charge in [-0.1, -0.05) is 23.9 Å². The van der Waals surface area contributed by atoms with E-state index in [0.717, 1.165) is 30.7 Å². The van der Waals surface area contributed by atoms with Crippen molar-refractivity contribution in [3.05, 3.63) is 47.5 Å². The highest BCUT2D eigenvalue weighted by atomic mass is 32.2. The fraction of sp³-hybridized carbons (Fsp3) is 0.143. The highest BCUT2D eigenvalue weighted by Crippen LogP contribution is 2.42. The van der Waals surface area contributed by atoms with Crippen LogP contribution in [0.4, 0.5) is 0 Å². The molecule has 0 amide bonds. The van der Waals surface area contributed by atoms with Crippen LogP contribution in [0.3, 0.4) is 0 Å². The van der Waals surface area contributed by atoms with Crippen molar-refractivity contribution in [2.24, 2.45) is 0 Å². The van der Waals surface area contributed by atoms with E-state index < -0.39 is 10.8 Å². The van der Waals surface area contributed by atoms with E-state index >= 15 is 0 Å². The summed E-state index contributed by atoms with van der Waals surface area (Å²) in [4.78, 5) is 4.14. The first-order chi connectivity index (χ1) is 8.15. The Morgan fingerprint density at radius 3 is 1.82 bits per heavy atom. The van der Waals surface area contributed by atoms with Crippen LogP contribution in [0.15, 0.2) is 56.0 Å². The van der Waals surface area contributed by atoms with Crippen molar-refractivity contribution in [3.8, 4) is 0 Å². The molecule has 1 aliphatic rings. The molecular weight excluding hydrogens is 248 g/mol. The second kappa shape index (κ2) is 4.00. The van der Waals surface area contributed by atoms with Gasteiger partial charge in [-0.05, 0) is 49.2 Å². The first kappa shape index (κ1) is 11.1. The van der Waals surface area contributed by atoms with Crippen molar-refractivity contribution >= 4 is 22.6 Å². The molecule has 0 fully saturated rings. The van der Waals surface area contributed by atoms with Crippen molar-refractivity contribution in [2.75, 3.05) is 0 Å². The van der Waals surface area contributed by atoms with E-state index in [1.807, 2.05) is 26.0 Å². The maximum Gasteiger partial charge on any atom is 0.0872 e. The molecule has 0 radical (unpaired) electrons. The fourth-order valence-corrected chi connectivity index (χ4v) is 4.78. The van der Waals surface area contributed by atoms with Gasteiger partial charge in [0, 0.05) is 9.79 Å². The Morgan fingerprint density at radius 2 is 1.35 bits per heavy atom. The lowest BCUT2D eigenvalue weighted by Crippen LogP contribution is -2.03. The minimum Gasteiger partial charge on any atom is -0.249 e. The molecule has 0 atom stereocenters. The van der Waals surface area contributed by atoms with Crippen LogP contribution < -0.4 is 0 Å². The lowest BCUT2D eigenvalue weighted by atomic mass is 10.2. The Balaban J connectivity index is 2.21. The molecule has 1 nitrogen and oxygen atoms in total. The molecule has 3 heteroatoms. The number of aryl methyl sites for hydroxylation is 2. The van der Waals surface area contributed by atoms with E-state index in [2.05, 4.69) is 24.3 Å². The summed E-state index contributed by atoms with van der Waals surface area (Å²) >= 11 is 1.71. The third-order valence-electron chi connectivity index (χ3n) is 2.82. The van der Waals surface area contributed by atoms with E-state index in [9.17, 15) is 4.21 Å². The second-order valence-corrected chi connectivity index (χ2v) is 6.77. The molecule has 86 valence electrons. The highest BCUT2D eigenvalue weighted by molar-refractivity contribution is 8.01. The van der Waals surface area contributed by atoms with Gasteiger partial charge in [-0.25, -0.2) is 4.21 Å². The summed E-state index contributed by atoms with van der Waals surface area (Å²) < 4.78 is 12.5.